The van der Waals surface area contributed by atoms with E-state index in [1.54, 1.807) is 14.2 Å². The standard InChI is InChI=1S/C12H13BrN2O2S/c1-7(13)6-15-9-5-11(17-3)10(16-2)4-8(9)14-12(15)18/h4-5H,1,6H2,2-3H3,(H,14,18). The number of imidazole rings is 1. The lowest BCUT2D eigenvalue weighted by atomic mass is 10.2. The van der Waals surface area contributed by atoms with Crippen LogP contribution in [0.3, 0.4) is 0 Å². The highest BCUT2D eigenvalue weighted by atomic mass is 79.9. The second kappa shape index (κ2) is 5.16. The molecule has 0 spiro atoms. The molecule has 1 aromatic heterocycles. The van der Waals surface area contributed by atoms with Crippen LogP contribution in [0.1, 0.15) is 0 Å². The van der Waals surface area contributed by atoms with Crippen molar-refractivity contribution in [3.8, 4) is 11.5 Å². The SMILES string of the molecule is C=C(Br)Cn1c(=S)[nH]c2cc(OC)c(OC)cc21. The number of methoxy groups -OCH3 is 2. The molecule has 0 unspecified atom stereocenters. The molecule has 2 rings (SSSR count). The van der Waals surface area contributed by atoms with Crippen molar-refractivity contribution in [1.82, 2.24) is 9.55 Å². The van der Waals surface area contributed by atoms with Crippen molar-refractivity contribution in [3.63, 3.8) is 0 Å². The van der Waals surface area contributed by atoms with Crippen LogP contribution in [0.2, 0.25) is 0 Å². The van der Waals surface area contributed by atoms with E-state index in [9.17, 15) is 0 Å². The van der Waals surface area contributed by atoms with E-state index in [1.165, 1.54) is 0 Å². The Labute approximate surface area is 118 Å². The molecular formula is C12H13BrN2O2S. The fourth-order valence-electron chi connectivity index (χ4n) is 1.81. The average Bonchev–Trinajstić information content (AvgIpc) is 2.63. The summed E-state index contributed by atoms with van der Waals surface area (Å²) in [6.45, 7) is 4.44. The van der Waals surface area contributed by atoms with Crippen LogP contribution in [-0.2, 0) is 6.54 Å². The Balaban J connectivity index is 2.70. The summed E-state index contributed by atoms with van der Waals surface area (Å²) < 4.78 is 14.0. The molecule has 6 heteroatoms. The summed E-state index contributed by atoms with van der Waals surface area (Å²) in [5.74, 6) is 1.35. The van der Waals surface area contributed by atoms with Crippen LogP contribution in [-0.4, -0.2) is 23.8 Å². The van der Waals surface area contributed by atoms with Gasteiger partial charge in [0.2, 0.25) is 0 Å². The predicted octanol–water partition coefficient (Wildman–Crippen LogP) is 3.62. The molecule has 1 heterocycles. The number of ether oxygens (including phenoxy) is 2. The number of allylic oxidation sites excluding steroid dienone is 1. The number of hydrogen-bond acceptors (Lipinski definition) is 3. The maximum absolute atomic E-state index is 5.29. The van der Waals surface area contributed by atoms with Crippen molar-refractivity contribution in [2.75, 3.05) is 14.2 Å². The van der Waals surface area contributed by atoms with Crippen LogP contribution in [0, 0.1) is 4.77 Å². The Morgan fingerprint density at radius 1 is 1.39 bits per heavy atom. The van der Waals surface area contributed by atoms with E-state index in [0.29, 0.717) is 22.8 Å². The highest BCUT2D eigenvalue weighted by molar-refractivity contribution is 9.11. The molecule has 0 aliphatic carbocycles. The van der Waals surface area contributed by atoms with Gasteiger partial charge in [0.1, 0.15) is 0 Å². The average molecular weight is 329 g/mol. The molecule has 2 aromatic rings. The molecule has 1 aromatic carbocycles. The van der Waals surface area contributed by atoms with E-state index in [-0.39, 0.29) is 0 Å². The molecule has 4 nitrogen and oxygen atoms in total. The van der Waals surface area contributed by atoms with Gasteiger partial charge in [-0.15, -0.1) is 0 Å². The number of H-pyrrole nitrogens is 1. The fourth-order valence-corrected chi connectivity index (χ4v) is 2.34. The normalized spacial score (nSPS) is 10.6. The van der Waals surface area contributed by atoms with Crippen molar-refractivity contribution < 1.29 is 9.47 Å². The molecular weight excluding hydrogens is 316 g/mol. The number of benzene rings is 1. The second-order valence-electron chi connectivity index (χ2n) is 3.76. The third-order valence-corrected chi connectivity index (χ3v) is 3.18. The quantitative estimate of drug-likeness (QED) is 0.871. The van der Waals surface area contributed by atoms with E-state index in [1.807, 2.05) is 16.7 Å². The summed E-state index contributed by atoms with van der Waals surface area (Å²) in [5, 5.41) is 0. The van der Waals surface area contributed by atoms with Gasteiger partial charge in [0.15, 0.2) is 16.3 Å². The Morgan fingerprint density at radius 2 is 2.00 bits per heavy atom. The van der Waals surface area contributed by atoms with Gasteiger partial charge in [-0.05, 0) is 12.2 Å². The molecule has 0 saturated heterocycles. The topological polar surface area (TPSA) is 39.2 Å². The molecule has 0 aliphatic rings. The van der Waals surface area contributed by atoms with Gasteiger partial charge >= 0.3 is 0 Å². The first-order chi connectivity index (χ1) is 8.56. The van der Waals surface area contributed by atoms with Crippen LogP contribution in [0.5, 0.6) is 11.5 Å². The van der Waals surface area contributed by atoms with Gasteiger partial charge in [0.25, 0.3) is 0 Å². The van der Waals surface area contributed by atoms with Crippen molar-refractivity contribution in [2.45, 2.75) is 6.54 Å². The third-order valence-electron chi connectivity index (χ3n) is 2.61. The first-order valence-corrected chi connectivity index (χ1v) is 6.44. The number of nitrogens with zero attached hydrogens (tertiary/aromatic N) is 1. The van der Waals surface area contributed by atoms with E-state index < -0.39 is 0 Å². The maximum atomic E-state index is 5.29. The summed E-state index contributed by atoms with van der Waals surface area (Å²) in [4.78, 5) is 3.14. The Bertz CT molecular complexity index is 660. The van der Waals surface area contributed by atoms with Gasteiger partial charge in [0.05, 0.1) is 31.8 Å². The van der Waals surface area contributed by atoms with Crippen LogP contribution >= 0.6 is 28.1 Å². The van der Waals surface area contributed by atoms with Gasteiger partial charge < -0.3 is 19.0 Å². The monoisotopic (exact) mass is 328 g/mol. The lowest BCUT2D eigenvalue weighted by Gasteiger charge is -2.08. The molecule has 96 valence electrons. The molecule has 0 amide bonds. The van der Waals surface area contributed by atoms with Crippen molar-refractivity contribution in [3.05, 3.63) is 28.0 Å². The lowest BCUT2D eigenvalue weighted by molar-refractivity contribution is 0.355. The Kier molecular flexibility index (Phi) is 3.77. The maximum Gasteiger partial charge on any atom is 0.178 e. The molecule has 0 radical (unpaired) electrons. The number of nitrogens with one attached hydrogen (secondary N) is 1. The van der Waals surface area contributed by atoms with Crippen LogP contribution < -0.4 is 9.47 Å². The van der Waals surface area contributed by atoms with E-state index in [0.717, 1.165) is 15.5 Å². The fraction of sp³-hybridized carbons (Fsp3) is 0.250. The minimum absolute atomic E-state index is 0.605. The van der Waals surface area contributed by atoms with Crippen LogP contribution in [0.15, 0.2) is 23.2 Å². The van der Waals surface area contributed by atoms with Crippen molar-refractivity contribution >= 4 is 39.2 Å². The van der Waals surface area contributed by atoms with Crippen LogP contribution in [0.4, 0.5) is 0 Å². The van der Waals surface area contributed by atoms with Gasteiger partial charge in [-0.25, -0.2) is 0 Å². The van der Waals surface area contributed by atoms with Gasteiger partial charge in [0, 0.05) is 16.6 Å². The van der Waals surface area contributed by atoms with Crippen molar-refractivity contribution in [1.29, 1.82) is 0 Å². The van der Waals surface area contributed by atoms with Crippen LogP contribution in [0.25, 0.3) is 11.0 Å². The second-order valence-corrected chi connectivity index (χ2v) is 5.27. The molecule has 0 bridgehead atoms. The summed E-state index contributed by atoms with van der Waals surface area (Å²) in [7, 11) is 3.22. The zero-order chi connectivity index (χ0) is 13.3. The highest BCUT2D eigenvalue weighted by Gasteiger charge is 2.11. The molecule has 0 aliphatic heterocycles. The largest absolute Gasteiger partial charge is 0.493 e. The minimum atomic E-state index is 0.605. The number of hydrogen-bond donors (Lipinski definition) is 1. The van der Waals surface area contributed by atoms with Gasteiger partial charge in [-0.3, -0.25) is 0 Å². The highest BCUT2D eigenvalue weighted by Crippen LogP contribution is 2.32. The van der Waals surface area contributed by atoms with E-state index in [4.69, 9.17) is 21.7 Å². The van der Waals surface area contributed by atoms with Gasteiger partial charge in [-0.1, -0.05) is 22.5 Å². The molecule has 18 heavy (non-hydrogen) atoms. The third kappa shape index (κ3) is 2.30. The first kappa shape index (κ1) is 13.2. The molecule has 0 saturated carbocycles. The van der Waals surface area contributed by atoms with Crippen molar-refractivity contribution in [2.24, 2.45) is 0 Å². The lowest BCUT2D eigenvalue weighted by Crippen LogP contribution is -1.97. The predicted molar refractivity (Wildman–Crippen MR) is 78.3 cm³/mol. The zero-order valence-electron chi connectivity index (χ0n) is 10.1. The molecule has 0 atom stereocenters. The van der Waals surface area contributed by atoms with E-state index >= 15 is 0 Å². The first-order valence-electron chi connectivity index (χ1n) is 5.24. The number of rotatable bonds is 4. The van der Waals surface area contributed by atoms with Gasteiger partial charge in [-0.2, -0.15) is 0 Å². The number of halogens is 1. The summed E-state index contributed by atoms with van der Waals surface area (Å²) in [6.07, 6.45) is 0. The zero-order valence-corrected chi connectivity index (χ0v) is 12.5. The minimum Gasteiger partial charge on any atom is -0.493 e. The Hall–Kier alpha value is -1.27. The summed E-state index contributed by atoms with van der Waals surface area (Å²) >= 11 is 8.64. The number of fused-ring (bicyclic) bond motifs is 1. The molecule has 0 fully saturated rings. The smallest absolute Gasteiger partial charge is 0.178 e. The van der Waals surface area contributed by atoms with E-state index in [2.05, 4.69) is 27.5 Å². The summed E-state index contributed by atoms with van der Waals surface area (Å²) in [6, 6.07) is 3.77. The summed E-state index contributed by atoms with van der Waals surface area (Å²) in [5.41, 5.74) is 1.87. The number of aromatic nitrogens is 2. The number of aromatic amines is 1. The Morgan fingerprint density at radius 3 is 2.56 bits per heavy atom. The molecule has 1 N–H and O–H groups in total.